The summed E-state index contributed by atoms with van der Waals surface area (Å²) < 4.78 is 9.83. The third kappa shape index (κ3) is 3.95. The van der Waals surface area contributed by atoms with Crippen LogP contribution in [0, 0.1) is 10.1 Å². The van der Waals surface area contributed by atoms with Crippen LogP contribution in [0.25, 0.3) is 17.0 Å². The topological polar surface area (TPSA) is 115 Å². The van der Waals surface area contributed by atoms with E-state index in [1.165, 1.54) is 18.2 Å². The molecule has 0 aliphatic rings. The number of hydrogen-bond acceptors (Lipinski definition) is 6. The molecular weight excluding hydrogens is 352 g/mol. The first-order chi connectivity index (χ1) is 13.0. The lowest BCUT2D eigenvalue weighted by Crippen LogP contribution is -2.12. The first-order valence-electron chi connectivity index (χ1n) is 8.20. The van der Waals surface area contributed by atoms with Crippen LogP contribution >= 0.6 is 0 Å². The number of nitrogens with zero attached hydrogens (tertiary/aromatic N) is 1. The van der Waals surface area contributed by atoms with E-state index in [9.17, 15) is 19.7 Å². The summed E-state index contributed by atoms with van der Waals surface area (Å²) in [5.41, 5.74) is 2.45. The number of H-pyrrole nitrogens is 1. The standard InChI is InChI=1S/C19H16N2O6/c1-2-12-4-3-5-14-15(10-20-19(12)14)16(22)11-26-18(23)9-7-13-6-8-17(27-13)21(24)25/h3-10,20H,2,11H2,1H3/b9-7+. The number of esters is 1. The van der Waals surface area contributed by atoms with Crippen LogP contribution in [0.15, 0.2) is 47.0 Å². The predicted molar refractivity (Wildman–Crippen MR) is 97.4 cm³/mol. The lowest BCUT2D eigenvalue weighted by molar-refractivity contribution is -0.402. The molecule has 0 saturated heterocycles. The van der Waals surface area contributed by atoms with Crippen LogP contribution in [0.5, 0.6) is 0 Å². The highest BCUT2D eigenvalue weighted by Gasteiger charge is 2.15. The molecule has 2 heterocycles. The predicted octanol–water partition coefficient (Wildman–Crippen LogP) is 3.67. The van der Waals surface area contributed by atoms with Crippen LogP contribution in [-0.2, 0) is 16.0 Å². The van der Waals surface area contributed by atoms with Crippen molar-refractivity contribution in [3.63, 3.8) is 0 Å². The van der Waals surface area contributed by atoms with E-state index >= 15 is 0 Å². The quantitative estimate of drug-likeness (QED) is 0.224. The van der Waals surface area contributed by atoms with Crippen LogP contribution in [0.4, 0.5) is 5.88 Å². The Bertz CT molecular complexity index is 1040. The monoisotopic (exact) mass is 368 g/mol. The van der Waals surface area contributed by atoms with E-state index in [4.69, 9.17) is 9.15 Å². The molecule has 27 heavy (non-hydrogen) atoms. The fourth-order valence-corrected chi connectivity index (χ4v) is 2.69. The Morgan fingerprint density at radius 2 is 2.11 bits per heavy atom. The highest BCUT2D eigenvalue weighted by molar-refractivity contribution is 6.09. The number of ether oxygens (including phenoxy) is 1. The number of aryl methyl sites for hydroxylation is 1. The number of hydrogen-bond donors (Lipinski definition) is 1. The molecule has 3 aromatic rings. The minimum atomic E-state index is -0.753. The Morgan fingerprint density at radius 1 is 1.30 bits per heavy atom. The number of ketones is 1. The maximum Gasteiger partial charge on any atom is 0.433 e. The summed E-state index contributed by atoms with van der Waals surface area (Å²) in [4.78, 5) is 37.1. The Labute approximate surface area is 153 Å². The van der Waals surface area contributed by atoms with Gasteiger partial charge in [0.05, 0.1) is 6.07 Å². The first kappa shape index (κ1) is 18.1. The Balaban J connectivity index is 1.62. The number of benzene rings is 1. The molecule has 0 radical (unpaired) electrons. The van der Waals surface area contributed by atoms with Crippen molar-refractivity contribution < 1.29 is 23.7 Å². The number of nitro groups is 1. The third-order valence-electron chi connectivity index (χ3n) is 4.00. The second-order valence-electron chi connectivity index (χ2n) is 5.69. The van der Waals surface area contributed by atoms with Crippen LogP contribution < -0.4 is 0 Å². The molecule has 0 aliphatic carbocycles. The van der Waals surface area contributed by atoms with E-state index in [-0.39, 0.29) is 11.5 Å². The molecule has 3 rings (SSSR count). The minimum Gasteiger partial charge on any atom is -0.454 e. The fourth-order valence-electron chi connectivity index (χ4n) is 2.69. The molecular formula is C19H16N2O6. The Kier molecular flexibility index (Phi) is 5.16. The molecule has 0 amide bonds. The van der Waals surface area contributed by atoms with Gasteiger partial charge < -0.3 is 14.1 Å². The van der Waals surface area contributed by atoms with E-state index in [1.54, 1.807) is 6.20 Å². The normalized spacial score (nSPS) is 11.1. The molecule has 2 aromatic heterocycles. The maximum absolute atomic E-state index is 12.4. The van der Waals surface area contributed by atoms with E-state index in [0.29, 0.717) is 5.56 Å². The zero-order chi connectivity index (χ0) is 19.4. The van der Waals surface area contributed by atoms with Crippen LogP contribution in [0.2, 0.25) is 0 Å². The highest BCUT2D eigenvalue weighted by Crippen LogP contribution is 2.22. The molecule has 0 atom stereocenters. The van der Waals surface area contributed by atoms with Gasteiger partial charge in [-0.2, -0.15) is 0 Å². The molecule has 1 N–H and O–H groups in total. The SMILES string of the molecule is CCc1cccc2c(C(=O)COC(=O)/C=C/c3ccc([N+](=O)[O-])o3)c[nH]c12. The number of nitrogens with one attached hydrogen (secondary N) is 1. The summed E-state index contributed by atoms with van der Waals surface area (Å²) in [6.07, 6.45) is 4.72. The number of Topliss-reactive ketones (excluding diaryl/α,β-unsaturated/α-hetero) is 1. The number of aromatic nitrogens is 1. The van der Waals surface area contributed by atoms with Crippen molar-refractivity contribution in [2.45, 2.75) is 13.3 Å². The number of carbonyl (C=O) groups is 2. The van der Waals surface area contributed by atoms with Crippen molar-refractivity contribution in [2.75, 3.05) is 6.61 Å². The van der Waals surface area contributed by atoms with E-state index < -0.39 is 23.4 Å². The average molecular weight is 368 g/mol. The zero-order valence-electron chi connectivity index (χ0n) is 14.4. The smallest absolute Gasteiger partial charge is 0.433 e. The van der Waals surface area contributed by atoms with Gasteiger partial charge in [0.15, 0.2) is 6.61 Å². The van der Waals surface area contributed by atoms with E-state index in [2.05, 4.69) is 4.98 Å². The van der Waals surface area contributed by atoms with Crippen molar-refractivity contribution in [3.05, 3.63) is 69.6 Å². The molecule has 0 spiro atoms. The van der Waals surface area contributed by atoms with Crippen LogP contribution in [0.3, 0.4) is 0 Å². The maximum atomic E-state index is 12.4. The van der Waals surface area contributed by atoms with Gasteiger partial charge in [-0.1, -0.05) is 25.1 Å². The summed E-state index contributed by atoms with van der Waals surface area (Å²) in [5, 5.41) is 11.3. The van der Waals surface area contributed by atoms with Crippen LogP contribution in [-0.4, -0.2) is 28.3 Å². The van der Waals surface area contributed by atoms with E-state index in [0.717, 1.165) is 29.0 Å². The molecule has 0 unspecified atom stereocenters. The summed E-state index contributed by atoms with van der Waals surface area (Å²) in [6, 6.07) is 8.23. The number of rotatable bonds is 7. The molecule has 138 valence electrons. The molecule has 1 aromatic carbocycles. The van der Waals surface area contributed by atoms with E-state index in [1.807, 2.05) is 25.1 Å². The van der Waals surface area contributed by atoms with Gasteiger partial charge in [-0.15, -0.1) is 0 Å². The number of fused-ring (bicyclic) bond motifs is 1. The number of furan rings is 1. The number of para-hydroxylation sites is 1. The van der Waals surface area contributed by atoms with Crippen molar-refractivity contribution in [3.8, 4) is 0 Å². The lowest BCUT2D eigenvalue weighted by Gasteiger charge is -2.02. The van der Waals surface area contributed by atoms with Gasteiger partial charge in [-0.25, -0.2) is 4.79 Å². The average Bonchev–Trinajstić information content (AvgIpc) is 3.31. The third-order valence-corrected chi connectivity index (χ3v) is 4.00. The lowest BCUT2D eigenvalue weighted by atomic mass is 10.1. The van der Waals surface area contributed by atoms with Crippen molar-refractivity contribution in [2.24, 2.45) is 0 Å². The van der Waals surface area contributed by atoms with Gasteiger partial charge >= 0.3 is 11.9 Å². The fraction of sp³-hybridized carbons (Fsp3) is 0.158. The summed E-state index contributed by atoms with van der Waals surface area (Å²) >= 11 is 0. The molecule has 0 fully saturated rings. The Hall–Kier alpha value is -3.68. The molecule has 0 aliphatic heterocycles. The van der Waals surface area contributed by atoms with Gasteiger partial charge in [0, 0.05) is 28.7 Å². The van der Waals surface area contributed by atoms with Gasteiger partial charge in [-0.05, 0) is 24.1 Å². The van der Waals surface area contributed by atoms with Gasteiger partial charge in [-0.3, -0.25) is 14.9 Å². The zero-order valence-corrected chi connectivity index (χ0v) is 14.4. The summed E-state index contributed by atoms with van der Waals surface area (Å²) in [7, 11) is 0. The molecule has 0 bridgehead atoms. The molecule has 8 nitrogen and oxygen atoms in total. The van der Waals surface area contributed by atoms with Gasteiger partial charge in [0.25, 0.3) is 0 Å². The minimum absolute atomic E-state index is 0.133. The summed E-state index contributed by atoms with van der Waals surface area (Å²) in [6.45, 7) is 1.61. The largest absolute Gasteiger partial charge is 0.454 e. The van der Waals surface area contributed by atoms with Crippen molar-refractivity contribution in [1.82, 2.24) is 4.98 Å². The molecule has 8 heteroatoms. The van der Waals surface area contributed by atoms with Crippen molar-refractivity contribution >= 4 is 34.6 Å². The highest BCUT2D eigenvalue weighted by atomic mass is 16.6. The van der Waals surface area contributed by atoms with Crippen LogP contribution in [0.1, 0.15) is 28.6 Å². The molecule has 0 saturated carbocycles. The second kappa shape index (κ2) is 7.69. The second-order valence-corrected chi connectivity index (χ2v) is 5.69. The number of carbonyl (C=O) groups excluding carboxylic acids is 2. The van der Waals surface area contributed by atoms with Gasteiger partial charge in [0.2, 0.25) is 5.78 Å². The van der Waals surface area contributed by atoms with Gasteiger partial charge in [0.1, 0.15) is 10.7 Å². The van der Waals surface area contributed by atoms with Crippen molar-refractivity contribution in [1.29, 1.82) is 0 Å². The number of aromatic amines is 1. The first-order valence-corrected chi connectivity index (χ1v) is 8.20. The summed E-state index contributed by atoms with van der Waals surface area (Å²) in [5.74, 6) is -1.38. The Morgan fingerprint density at radius 3 is 2.81 bits per heavy atom.